The molecule has 1 heterocycles. The number of ether oxygens (including phenoxy) is 1. The second kappa shape index (κ2) is 5.75. The fraction of sp³-hybridized carbons (Fsp3) is 0.636. The maximum Gasteiger partial charge on any atom is 0.222 e. The summed E-state index contributed by atoms with van der Waals surface area (Å²) >= 11 is 0. The molecule has 1 fully saturated rings. The molecule has 0 unspecified atom stereocenters. The lowest BCUT2D eigenvalue weighted by molar-refractivity contribution is 0.124. The Morgan fingerprint density at radius 1 is 1.38 bits per heavy atom. The van der Waals surface area contributed by atoms with Crippen molar-refractivity contribution in [1.82, 2.24) is 9.97 Å². The lowest BCUT2D eigenvalue weighted by Gasteiger charge is -2.04. The van der Waals surface area contributed by atoms with Crippen LogP contribution in [0.5, 0.6) is 0 Å². The SMILES string of the molecule is Fc1cnc(NCCCOCC2CC2)nc1. The highest BCUT2D eigenvalue weighted by molar-refractivity contribution is 5.21. The van der Waals surface area contributed by atoms with Crippen LogP contribution >= 0.6 is 0 Å². The summed E-state index contributed by atoms with van der Waals surface area (Å²) in [4.78, 5) is 7.59. The quantitative estimate of drug-likeness (QED) is 0.719. The van der Waals surface area contributed by atoms with E-state index in [0.717, 1.165) is 44.5 Å². The van der Waals surface area contributed by atoms with Crippen LogP contribution in [-0.2, 0) is 4.74 Å². The van der Waals surface area contributed by atoms with Gasteiger partial charge in [-0.25, -0.2) is 14.4 Å². The maximum atomic E-state index is 12.5. The van der Waals surface area contributed by atoms with Gasteiger partial charge in [-0.3, -0.25) is 0 Å². The summed E-state index contributed by atoms with van der Waals surface area (Å²) in [7, 11) is 0. The lowest BCUT2D eigenvalue weighted by atomic mass is 10.4. The molecule has 1 saturated carbocycles. The van der Waals surface area contributed by atoms with Gasteiger partial charge in [-0.1, -0.05) is 0 Å². The van der Waals surface area contributed by atoms with E-state index in [1.54, 1.807) is 0 Å². The molecule has 0 radical (unpaired) electrons. The normalized spacial score (nSPS) is 15.1. The van der Waals surface area contributed by atoms with E-state index >= 15 is 0 Å². The molecule has 0 atom stereocenters. The average Bonchev–Trinajstić information content (AvgIpc) is 3.10. The van der Waals surface area contributed by atoms with Crippen LogP contribution in [0.4, 0.5) is 10.3 Å². The Labute approximate surface area is 94.2 Å². The summed E-state index contributed by atoms with van der Waals surface area (Å²) in [5, 5.41) is 3.01. The predicted molar refractivity (Wildman–Crippen MR) is 58.6 cm³/mol. The Hall–Kier alpha value is -1.23. The largest absolute Gasteiger partial charge is 0.381 e. The Morgan fingerprint density at radius 2 is 2.12 bits per heavy atom. The van der Waals surface area contributed by atoms with Gasteiger partial charge in [0.2, 0.25) is 5.95 Å². The second-order valence-corrected chi connectivity index (χ2v) is 4.02. The molecular formula is C11H16FN3O. The van der Waals surface area contributed by atoms with Gasteiger partial charge in [0.1, 0.15) is 0 Å². The molecule has 0 spiro atoms. The summed E-state index contributed by atoms with van der Waals surface area (Å²) in [5.74, 6) is 0.857. The topological polar surface area (TPSA) is 47.0 Å². The van der Waals surface area contributed by atoms with E-state index in [0.29, 0.717) is 5.95 Å². The van der Waals surface area contributed by atoms with Crippen LogP contribution in [0.1, 0.15) is 19.3 Å². The minimum absolute atomic E-state index is 0.418. The van der Waals surface area contributed by atoms with Crippen LogP contribution in [0.3, 0.4) is 0 Å². The first kappa shape index (κ1) is 11.3. The van der Waals surface area contributed by atoms with Gasteiger partial charge < -0.3 is 10.1 Å². The molecule has 0 saturated heterocycles. The van der Waals surface area contributed by atoms with Gasteiger partial charge >= 0.3 is 0 Å². The second-order valence-electron chi connectivity index (χ2n) is 4.02. The summed E-state index contributed by atoms with van der Waals surface area (Å²) < 4.78 is 18.0. The van der Waals surface area contributed by atoms with Crippen LogP contribution in [0.25, 0.3) is 0 Å². The number of nitrogens with zero attached hydrogens (tertiary/aromatic N) is 2. The third-order valence-corrected chi connectivity index (χ3v) is 2.42. The zero-order chi connectivity index (χ0) is 11.2. The van der Waals surface area contributed by atoms with Crippen molar-refractivity contribution in [2.45, 2.75) is 19.3 Å². The molecule has 1 N–H and O–H groups in total. The molecule has 0 aromatic carbocycles. The predicted octanol–water partition coefficient (Wildman–Crippen LogP) is 1.84. The first-order chi connectivity index (χ1) is 7.84. The van der Waals surface area contributed by atoms with Crippen LogP contribution < -0.4 is 5.32 Å². The Balaban J connectivity index is 1.51. The van der Waals surface area contributed by atoms with E-state index in [1.807, 2.05) is 0 Å². The van der Waals surface area contributed by atoms with Gasteiger partial charge in [0.25, 0.3) is 0 Å². The molecule has 1 aliphatic rings. The van der Waals surface area contributed by atoms with E-state index in [9.17, 15) is 4.39 Å². The van der Waals surface area contributed by atoms with Crippen molar-refractivity contribution in [2.75, 3.05) is 25.1 Å². The third kappa shape index (κ3) is 4.10. The maximum absolute atomic E-state index is 12.5. The van der Waals surface area contributed by atoms with Crippen LogP contribution in [0.2, 0.25) is 0 Å². The van der Waals surface area contributed by atoms with E-state index in [1.165, 1.54) is 12.8 Å². The third-order valence-electron chi connectivity index (χ3n) is 2.42. The minimum atomic E-state index is -0.418. The summed E-state index contributed by atoms with van der Waals surface area (Å²) in [6.07, 6.45) is 5.86. The molecule has 4 nitrogen and oxygen atoms in total. The fourth-order valence-corrected chi connectivity index (χ4v) is 1.31. The molecule has 0 bridgehead atoms. The highest BCUT2D eigenvalue weighted by Gasteiger charge is 2.20. The van der Waals surface area contributed by atoms with Crippen molar-refractivity contribution in [3.63, 3.8) is 0 Å². The smallest absolute Gasteiger partial charge is 0.222 e. The van der Waals surface area contributed by atoms with E-state index in [4.69, 9.17) is 4.74 Å². The number of anilines is 1. The van der Waals surface area contributed by atoms with Crippen LogP contribution in [0.15, 0.2) is 12.4 Å². The van der Waals surface area contributed by atoms with E-state index in [2.05, 4.69) is 15.3 Å². The van der Waals surface area contributed by atoms with Crippen molar-refractivity contribution in [3.8, 4) is 0 Å². The van der Waals surface area contributed by atoms with Crippen molar-refractivity contribution in [2.24, 2.45) is 5.92 Å². The summed E-state index contributed by atoms with van der Waals surface area (Å²) in [6.45, 7) is 2.40. The molecule has 0 amide bonds. The van der Waals surface area contributed by atoms with Crippen molar-refractivity contribution in [1.29, 1.82) is 0 Å². The molecule has 16 heavy (non-hydrogen) atoms. The molecule has 1 aliphatic carbocycles. The zero-order valence-electron chi connectivity index (χ0n) is 9.16. The number of halogens is 1. The minimum Gasteiger partial charge on any atom is -0.381 e. The fourth-order valence-electron chi connectivity index (χ4n) is 1.31. The van der Waals surface area contributed by atoms with Crippen LogP contribution in [0, 0.1) is 11.7 Å². The molecule has 2 rings (SSSR count). The summed E-state index contributed by atoms with van der Waals surface area (Å²) in [6, 6.07) is 0. The molecule has 5 heteroatoms. The van der Waals surface area contributed by atoms with Crippen molar-refractivity contribution in [3.05, 3.63) is 18.2 Å². The van der Waals surface area contributed by atoms with Crippen molar-refractivity contribution < 1.29 is 9.13 Å². The van der Waals surface area contributed by atoms with Gasteiger partial charge in [-0.2, -0.15) is 0 Å². The number of nitrogens with one attached hydrogen (secondary N) is 1. The van der Waals surface area contributed by atoms with Gasteiger partial charge in [-0.15, -0.1) is 0 Å². The Morgan fingerprint density at radius 3 is 2.81 bits per heavy atom. The number of hydrogen-bond acceptors (Lipinski definition) is 4. The highest BCUT2D eigenvalue weighted by Crippen LogP contribution is 2.28. The van der Waals surface area contributed by atoms with Gasteiger partial charge in [0.15, 0.2) is 5.82 Å². The van der Waals surface area contributed by atoms with E-state index < -0.39 is 5.82 Å². The van der Waals surface area contributed by atoms with Gasteiger partial charge in [-0.05, 0) is 25.2 Å². The van der Waals surface area contributed by atoms with E-state index in [-0.39, 0.29) is 0 Å². The molecule has 0 aliphatic heterocycles. The highest BCUT2D eigenvalue weighted by atomic mass is 19.1. The monoisotopic (exact) mass is 225 g/mol. The number of rotatable bonds is 7. The molecule has 1 aromatic heterocycles. The van der Waals surface area contributed by atoms with Crippen LogP contribution in [-0.4, -0.2) is 29.7 Å². The zero-order valence-corrected chi connectivity index (χ0v) is 9.16. The lowest BCUT2D eigenvalue weighted by Crippen LogP contribution is -2.09. The standard InChI is InChI=1S/C11H16FN3O/c12-10-6-14-11(15-7-10)13-4-1-5-16-8-9-2-3-9/h6-7,9H,1-5,8H2,(H,13,14,15). The first-order valence-electron chi connectivity index (χ1n) is 5.64. The first-order valence-corrected chi connectivity index (χ1v) is 5.64. The Bertz CT molecular complexity index is 314. The summed E-state index contributed by atoms with van der Waals surface area (Å²) in [5.41, 5.74) is 0. The van der Waals surface area contributed by atoms with Gasteiger partial charge in [0.05, 0.1) is 12.4 Å². The Kier molecular flexibility index (Phi) is 4.04. The van der Waals surface area contributed by atoms with Crippen molar-refractivity contribution >= 4 is 5.95 Å². The van der Waals surface area contributed by atoms with Gasteiger partial charge in [0, 0.05) is 19.8 Å². The number of aromatic nitrogens is 2. The molecule has 1 aromatic rings. The molecule has 88 valence electrons. The molecular weight excluding hydrogens is 209 g/mol. The number of hydrogen-bond donors (Lipinski definition) is 1. The average molecular weight is 225 g/mol.